The maximum Gasteiger partial charge on any atom is 0.196 e. The largest absolute Gasteiger partial charge is 0.288 e. The molecule has 0 atom stereocenters. The van der Waals surface area contributed by atoms with E-state index in [0.717, 1.165) is 11.8 Å². The first-order valence-corrected chi connectivity index (χ1v) is 5.83. The van der Waals surface area contributed by atoms with E-state index in [9.17, 15) is 9.18 Å². The molecule has 1 aromatic heterocycles. The lowest BCUT2D eigenvalue weighted by molar-refractivity contribution is 0.103. The van der Waals surface area contributed by atoms with Gasteiger partial charge in [-0.25, -0.2) is 4.39 Å². The summed E-state index contributed by atoms with van der Waals surface area (Å²) >= 11 is 0. The molecule has 2 nitrogen and oxygen atoms in total. The third-order valence-electron chi connectivity index (χ3n) is 2.86. The number of nitrogens with zero attached hydrogens (tertiary/aromatic N) is 1. The van der Waals surface area contributed by atoms with Crippen LogP contribution in [-0.2, 0) is 0 Å². The van der Waals surface area contributed by atoms with Crippen molar-refractivity contribution in [1.29, 1.82) is 0 Å². The number of benzene rings is 1. The Balaban J connectivity index is 2.32. The van der Waals surface area contributed by atoms with Crippen LogP contribution in [0.4, 0.5) is 4.39 Å². The standard InChI is InChI=1S/C15H14FNO/c1-10(2)11-3-5-12(6-4-11)15(18)13-7-8-17-9-14(13)16/h3-10H,1-2H3. The number of pyridine rings is 1. The normalized spacial score (nSPS) is 10.7. The van der Waals surface area contributed by atoms with Crippen LogP contribution in [0, 0.1) is 5.82 Å². The highest BCUT2D eigenvalue weighted by Crippen LogP contribution is 2.17. The molecule has 1 aromatic carbocycles. The Bertz CT molecular complexity index is 561. The molecule has 0 N–H and O–H groups in total. The van der Waals surface area contributed by atoms with Gasteiger partial charge in [-0.2, -0.15) is 0 Å². The molecule has 3 heteroatoms. The van der Waals surface area contributed by atoms with E-state index >= 15 is 0 Å². The minimum Gasteiger partial charge on any atom is -0.288 e. The first-order chi connectivity index (χ1) is 8.59. The summed E-state index contributed by atoms with van der Waals surface area (Å²) in [4.78, 5) is 15.7. The minimum absolute atomic E-state index is 0.0577. The summed E-state index contributed by atoms with van der Waals surface area (Å²) in [5.74, 6) is -0.493. The van der Waals surface area contributed by atoms with E-state index in [4.69, 9.17) is 0 Å². The molecule has 0 saturated carbocycles. The van der Waals surface area contributed by atoms with Gasteiger partial charge in [0.25, 0.3) is 0 Å². The van der Waals surface area contributed by atoms with E-state index in [1.165, 1.54) is 12.3 Å². The fourth-order valence-electron chi connectivity index (χ4n) is 1.73. The molecule has 92 valence electrons. The number of hydrogen-bond acceptors (Lipinski definition) is 2. The van der Waals surface area contributed by atoms with Crippen molar-refractivity contribution in [2.45, 2.75) is 19.8 Å². The molecule has 0 bridgehead atoms. The van der Waals surface area contributed by atoms with Gasteiger partial charge in [0.05, 0.1) is 11.8 Å². The molecule has 1 heterocycles. The van der Waals surface area contributed by atoms with Crippen molar-refractivity contribution >= 4 is 5.78 Å². The molecule has 2 rings (SSSR count). The highest BCUT2D eigenvalue weighted by molar-refractivity contribution is 6.09. The van der Waals surface area contributed by atoms with Crippen LogP contribution in [0.15, 0.2) is 42.7 Å². The zero-order valence-electron chi connectivity index (χ0n) is 10.4. The van der Waals surface area contributed by atoms with Crippen molar-refractivity contribution in [2.24, 2.45) is 0 Å². The molecule has 0 radical (unpaired) electrons. The number of aromatic nitrogens is 1. The van der Waals surface area contributed by atoms with E-state index in [1.54, 1.807) is 12.1 Å². The van der Waals surface area contributed by atoms with Crippen molar-refractivity contribution in [3.8, 4) is 0 Å². The molecule has 0 aliphatic heterocycles. The van der Waals surface area contributed by atoms with Crippen LogP contribution in [0.25, 0.3) is 0 Å². The first-order valence-electron chi connectivity index (χ1n) is 5.83. The SMILES string of the molecule is CC(C)c1ccc(C(=O)c2ccncc2F)cc1. The molecule has 0 aliphatic rings. The van der Waals surface area contributed by atoms with Gasteiger partial charge in [-0.05, 0) is 17.5 Å². The average molecular weight is 243 g/mol. The van der Waals surface area contributed by atoms with E-state index in [1.807, 2.05) is 12.1 Å². The summed E-state index contributed by atoms with van der Waals surface area (Å²) in [6, 6.07) is 8.66. The van der Waals surface area contributed by atoms with Crippen LogP contribution < -0.4 is 0 Å². The van der Waals surface area contributed by atoms with E-state index in [2.05, 4.69) is 18.8 Å². The van der Waals surface area contributed by atoms with E-state index in [-0.39, 0.29) is 11.3 Å². The molecular formula is C15H14FNO. The van der Waals surface area contributed by atoms with Crippen LogP contribution in [0.2, 0.25) is 0 Å². The van der Waals surface area contributed by atoms with Crippen molar-refractivity contribution in [3.63, 3.8) is 0 Å². The lowest BCUT2D eigenvalue weighted by Gasteiger charge is -2.06. The van der Waals surface area contributed by atoms with Crippen LogP contribution in [0.5, 0.6) is 0 Å². The first kappa shape index (κ1) is 12.4. The van der Waals surface area contributed by atoms with E-state index in [0.29, 0.717) is 11.5 Å². The van der Waals surface area contributed by atoms with Gasteiger partial charge in [-0.3, -0.25) is 9.78 Å². The molecule has 18 heavy (non-hydrogen) atoms. The number of rotatable bonds is 3. The number of carbonyl (C=O) groups is 1. The molecular weight excluding hydrogens is 229 g/mol. The molecule has 2 aromatic rings. The van der Waals surface area contributed by atoms with E-state index < -0.39 is 5.82 Å². The van der Waals surface area contributed by atoms with Crippen molar-refractivity contribution in [2.75, 3.05) is 0 Å². The summed E-state index contributed by atoms with van der Waals surface area (Å²) in [5, 5.41) is 0. The number of carbonyl (C=O) groups excluding carboxylic acids is 1. The van der Waals surface area contributed by atoms with Crippen molar-refractivity contribution in [1.82, 2.24) is 4.98 Å². The highest BCUT2D eigenvalue weighted by Gasteiger charge is 2.13. The van der Waals surface area contributed by atoms with Crippen molar-refractivity contribution in [3.05, 3.63) is 65.2 Å². The lowest BCUT2D eigenvalue weighted by Crippen LogP contribution is -2.04. The molecule has 0 aliphatic carbocycles. The second-order valence-corrected chi connectivity index (χ2v) is 4.46. The van der Waals surface area contributed by atoms with Crippen LogP contribution in [0.1, 0.15) is 41.3 Å². The summed E-state index contributed by atoms with van der Waals surface area (Å²) < 4.78 is 13.4. The third-order valence-corrected chi connectivity index (χ3v) is 2.86. The number of halogens is 1. The maximum atomic E-state index is 13.4. The Kier molecular flexibility index (Phi) is 3.51. The fourth-order valence-corrected chi connectivity index (χ4v) is 1.73. The molecule has 0 amide bonds. The molecule has 0 fully saturated rings. The monoisotopic (exact) mass is 243 g/mol. The zero-order chi connectivity index (χ0) is 13.1. The Morgan fingerprint density at radius 1 is 1.17 bits per heavy atom. The smallest absolute Gasteiger partial charge is 0.196 e. The van der Waals surface area contributed by atoms with Crippen LogP contribution in [0.3, 0.4) is 0 Å². The van der Waals surface area contributed by atoms with Gasteiger partial charge in [-0.1, -0.05) is 38.1 Å². The second kappa shape index (κ2) is 5.08. The van der Waals surface area contributed by atoms with Gasteiger partial charge >= 0.3 is 0 Å². The van der Waals surface area contributed by atoms with Gasteiger partial charge in [0.15, 0.2) is 11.6 Å². The molecule has 0 unspecified atom stereocenters. The van der Waals surface area contributed by atoms with Gasteiger partial charge < -0.3 is 0 Å². The molecule has 0 spiro atoms. The van der Waals surface area contributed by atoms with Gasteiger partial charge in [-0.15, -0.1) is 0 Å². The summed E-state index contributed by atoms with van der Waals surface area (Å²) in [7, 11) is 0. The van der Waals surface area contributed by atoms with Gasteiger partial charge in [0.2, 0.25) is 0 Å². The average Bonchev–Trinajstić information content (AvgIpc) is 2.38. The van der Waals surface area contributed by atoms with Crippen molar-refractivity contribution < 1.29 is 9.18 Å². The highest BCUT2D eigenvalue weighted by atomic mass is 19.1. The van der Waals surface area contributed by atoms with Gasteiger partial charge in [0.1, 0.15) is 0 Å². The van der Waals surface area contributed by atoms with Crippen LogP contribution in [-0.4, -0.2) is 10.8 Å². The zero-order valence-corrected chi connectivity index (χ0v) is 10.4. The molecule has 0 saturated heterocycles. The number of ketones is 1. The Labute approximate surface area is 105 Å². The summed E-state index contributed by atoms with van der Waals surface area (Å²) in [6.07, 6.45) is 2.47. The lowest BCUT2D eigenvalue weighted by atomic mass is 9.98. The predicted octanol–water partition coefficient (Wildman–Crippen LogP) is 3.58. The maximum absolute atomic E-state index is 13.4. The topological polar surface area (TPSA) is 30.0 Å². The Morgan fingerprint density at radius 3 is 2.39 bits per heavy atom. The third kappa shape index (κ3) is 2.45. The summed E-state index contributed by atoms with van der Waals surface area (Å²) in [5.41, 5.74) is 1.70. The van der Waals surface area contributed by atoms with Gasteiger partial charge in [0, 0.05) is 11.8 Å². The quantitative estimate of drug-likeness (QED) is 0.771. The fraction of sp³-hybridized carbons (Fsp3) is 0.200. The number of hydrogen-bond donors (Lipinski definition) is 0. The summed E-state index contributed by atoms with van der Waals surface area (Å²) in [6.45, 7) is 4.17. The minimum atomic E-state index is -0.588. The van der Waals surface area contributed by atoms with Crippen LogP contribution >= 0.6 is 0 Å². The predicted molar refractivity (Wildman–Crippen MR) is 68.2 cm³/mol. The Morgan fingerprint density at radius 2 is 1.83 bits per heavy atom. The Hall–Kier alpha value is -2.03. The second-order valence-electron chi connectivity index (χ2n) is 4.46.